The molecule has 1 amide bonds. The van der Waals surface area contributed by atoms with Gasteiger partial charge in [-0.2, -0.15) is 0 Å². The van der Waals surface area contributed by atoms with Gasteiger partial charge in [0.1, 0.15) is 12.3 Å². The van der Waals surface area contributed by atoms with E-state index in [1.165, 1.54) is 12.5 Å². The average Bonchev–Trinajstić information content (AvgIpc) is 3.41. The van der Waals surface area contributed by atoms with Gasteiger partial charge in [-0.15, -0.1) is 11.8 Å². The molecule has 0 aromatic heterocycles. The first-order valence-corrected chi connectivity index (χ1v) is 14.2. The molecule has 0 spiro atoms. The number of likely N-dealkylation sites (N-methyl/N-ethyl adjacent to an activating group) is 2. The fourth-order valence-electron chi connectivity index (χ4n) is 5.15. The summed E-state index contributed by atoms with van der Waals surface area (Å²) in [6, 6.07) is 21.6. The molecule has 2 aliphatic rings. The maximum Gasteiger partial charge on any atom is 0.361 e. The Balaban J connectivity index is 1.38. The number of carbonyl (C=O) groups is 2. The Morgan fingerprint density at radius 1 is 1.05 bits per heavy atom. The van der Waals surface area contributed by atoms with Crippen LogP contribution in [-0.4, -0.2) is 70.5 Å². The standard InChI is InChI=1S/C31H35N2O6S/c1-21(34)39-29-30(23-10-12-24(36-4)13-11-23)40-28-8-6-5-7-25(28)33(3,31(29)35)18-17-32(2)16-15-22-9-14-26-27(19-22)38-20-37-26/h5-14,19,29-30H,15-18,20H2,1-4H3/q+1/t29-,30+,33?/m0/s1. The highest BCUT2D eigenvalue weighted by atomic mass is 32.2. The van der Waals surface area contributed by atoms with E-state index < -0.39 is 17.3 Å². The van der Waals surface area contributed by atoms with E-state index in [1.807, 2.05) is 67.7 Å². The van der Waals surface area contributed by atoms with Crippen molar-refractivity contribution in [2.24, 2.45) is 0 Å². The number of rotatable bonds is 9. The number of ether oxygens (including phenoxy) is 4. The summed E-state index contributed by atoms with van der Waals surface area (Å²) in [5, 5.41) is -0.396. The second kappa shape index (κ2) is 11.9. The van der Waals surface area contributed by atoms with Gasteiger partial charge < -0.3 is 23.8 Å². The third-order valence-electron chi connectivity index (χ3n) is 7.54. The van der Waals surface area contributed by atoms with Crippen molar-refractivity contribution < 1.29 is 28.5 Å². The Labute approximate surface area is 239 Å². The number of thioether (sulfide) groups is 1. The first-order valence-electron chi connectivity index (χ1n) is 13.3. The van der Waals surface area contributed by atoms with Crippen LogP contribution in [0.25, 0.3) is 0 Å². The van der Waals surface area contributed by atoms with Gasteiger partial charge >= 0.3 is 11.9 Å². The molecule has 0 radical (unpaired) electrons. The van der Waals surface area contributed by atoms with Crippen LogP contribution in [0, 0.1) is 0 Å². The first-order chi connectivity index (χ1) is 19.3. The first kappa shape index (κ1) is 28.0. The maximum atomic E-state index is 14.4. The van der Waals surface area contributed by atoms with Crippen molar-refractivity contribution in [3.8, 4) is 17.2 Å². The Kier molecular flexibility index (Phi) is 8.35. The number of nitrogens with zero attached hydrogens (tertiary/aromatic N) is 2. The molecule has 40 heavy (non-hydrogen) atoms. The van der Waals surface area contributed by atoms with Gasteiger partial charge in [-0.1, -0.05) is 30.3 Å². The molecule has 8 nitrogen and oxygen atoms in total. The zero-order valence-corrected chi connectivity index (χ0v) is 24.1. The van der Waals surface area contributed by atoms with E-state index >= 15 is 0 Å². The average molecular weight is 564 g/mol. The van der Waals surface area contributed by atoms with E-state index in [1.54, 1.807) is 18.9 Å². The number of amides is 1. The molecular weight excluding hydrogens is 528 g/mol. The molecule has 0 saturated heterocycles. The molecule has 2 heterocycles. The third kappa shape index (κ3) is 5.82. The molecule has 0 fully saturated rings. The second-order valence-electron chi connectivity index (χ2n) is 10.3. The van der Waals surface area contributed by atoms with Gasteiger partial charge in [0.15, 0.2) is 17.2 Å². The highest BCUT2D eigenvalue weighted by molar-refractivity contribution is 7.99. The molecule has 0 saturated carbocycles. The summed E-state index contributed by atoms with van der Waals surface area (Å²) < 4.78 is 22.1. The van der Waals surface area contributed by atoms with Crippen molar-refractivity contribution in [2.45, 2.75) is 29.6 Å². The SMILES string of the molecule is COc1ccc([C@H]2Sc3ccccc3[N+](C)(CCN(C)CCc3ccc4c(c3)OCO4)C(=O)[C@H]2OC(C)=O)cc1. The van der Waals surface area contributed by atoms with Gasteiger partial charge in [0.05, 0.1) is 24.3 Å². The lowest BCUT2D eigenvalue weighted by Crippen LogP contribution is -2.58. The number of methoxy groups -OCH3 is 1. The summed E-state index contributed by atoms with van der Waals surface area (Å²) in [7, 11) is 5.61. The second-order valence-corrected chi connectivity index (χ2v) is 11.5. The maximum absolute atomic E-state index is 14.4. The number of esters is 1. The molecule has 2 aliphatic heterocycles. The van der Waals surface area contributed by atoms with Crippen molar-refractivity contribution >= 4 is 29.3 Å². The third-order valence-corrected chi connectivity index (χ3v) is 8.91. The Morgan fingerprint density at radius 3 is 2.55 bits per heavy atom. The predicted octanol–water partition coefficient (Wildman–Crippen LogP) is 4.84. The van der Waals surface area contributed by atoms with Crippen molar-refractivity contribution in [3.05, 3.63) is 77.9 Å². The van der Waals surface area contributed by atoms with Crippen LogP contribution in [0.5, 0.6) is 17.2 Å². The number of hydrogen-bond acceptors (Lipinski definition) is 8. The molecule has 1 unspecified atom stereocenters. The number of para-hydroxylation sites is 1. The predicted molar refractivity (Wildman–Crippen MR) is 155 cm³/mol. The fourth-order valence-corrected chi connectivity index (χ4v) is 6.56. The van der Waals surface area contributed by atoms with Crippen LogP contribution >= 0.6 is 11.8 Å². The molecule has 0 bridgehead atoms. The van der Waals surface area contributed by atoms with Crippen LogP contribution in [0.1, 0.15) is 23.3 Å². The molecule has 210 valence electrons. The highest BCUT2D eigenvalue weighted by Gasteiger charge is 2.50. The van der Waals surface area contributed by atoms with E-state index in [0.717, 1.165) is 46.4 Å². The van der Waals surface area contributed by atoms with Crippen molar-refractivity contribution in [3.63, 3.8) is 0 Å². The Bertz CT molecular complexity index is 1380. The smallest absolute Gasteiger partial charge is 0.361 e. The minimum absolute atomic E-state index is 0.0299. The number of quaternary nitrogens is 1. The summed E-state index contributed by atoms with van der Waals surface area (Å²) in [4.78, 5) is 29.9. The van der Waals surface area contributed by atoms with Gasteiger partial charge in [-0.05, 0) is 54.9 Å². The summed E-state index contributed by atoms with van der Waals surface area (Å²) in [6.45, 7) is 3.63. The minimum Gasteiger partial charge on any atom is -0.497 e. The lowest BCUT2D eigenvalue weighted by Gasteiger charge is -2.34. The minimum atomic E-state index is -0.952. The van der Waals surface area contributed by atoms with E-state index in [2.05, 4.69) is 18.0 Å². The van der Waals surface area contributed by atoms with E-state index in [4.69, 9.17) is 18.9 Å². The molecular formula is C31H35N2O6S+. The highest BCUT2D eigenvalue weighted by Crippen LogP contribution is 2.48. The van der Waals surface area contributed by atoms with Crippen molar-refractivity contribution in [2.75, 3.05) is 47.6 Å². The monoisotopic (exact) mass is 563 g/mol. The van der Waals surface area contributed by atoms with Crippen LogP contribution in [0.4, 0.5) is 5.69 Å². The molecule has 0 aliphatic carbocycles. The van der Waals surface area contributed by atoms with Crippen LogP contribution in [0.2, 0.25) is 0 Å². The van der Waals surface area contributed by atoms with Gasteiger partial charge in [0.25, 0.3) is 0 Å². The Morgan fingerprint density at radius 2 is 1.80 bits per heavy atom. The molecule has 0 N–H and O–H groups in total. The quantitative estimate of drug-likeness (QED) is 0.271. The molecule has 3 aromatic rings. The topological polar surface area (TPSA) is 74.3 Å². The molecule has 3 aromatic carbocycles. The van der Waals surface area contributed by atoms with Crippen LogP contribution in [0.3, 0.4) is 0 Å². The zero-order chi connectivity index (χ0) is 28.3. The van der Waals surface area contributed by atoms with Crippen LogP contribution in [-0.2, 0) is 20.7 Å². The normalized spacial score (nSPS) is 21.6. The van der Waals surface area contributed by atoms with E-state index in [9.17, 15) is 9.59 Å². The fraction of sp³-hybridized carbons (Fsp3) is 0.355. The summed E-state index contributed by atoms with van der Waals surface area (Å²) in [5.41, 5.74) is 2.98. The summed E-state index contributed by atoms with van der Waals surface area (Å²) in [5.74, 6) is 1.67. The molecule has 5 rings (SSSR count). The Hall–Kier alpha value is -3.53. The largest absolute Gasteiger partial charge is 0.497 e. The van der Waals surface area contributed by atoms with Gasteiger partial charge in [0, 0.05) is 26.1 Å². The van der Waals surface area contributed by atoms with Crippen molar-refractivity contribution in [1.29, 1.82) is 0 Å². The number of hydrogen-bond donors (Lipinski definition) is 0. The van der Waals surface area contributed by atoms with E-state index in [0.29, 0.717) is 13.1 Å². The summed E-state index contributed by atoms with van der Waals surface area (Å²) in [6.07, 6.45) is -0.112. The van der Waals surface area contributed by atoms with Gasteiger partial charge in [-0.25, -0.2) is 9.28 Å². The lowest BCUT2D eigenvalue weighted by molar-refractivity contribution is -0.157. The lowest BCUT2D eigenvalue weighted by atomic mass is 10.0. The number of carbonyl (C=O) groups excluding carboxylic acids is 2. The zero-order valence-electron chi connectivity index (χ0n) is 23.3. The number of fused-ring (bicyclic) bond motifs is 2. The van der Waals surface area contributed by atoms with Gasteiger partial charge in [0.2, 0.25) is 12.9 Å². The number of benzene rings is 3. The van der Waals surface area contributed by atoms with Crippen LogP contribution < -0.4 is 18.7 Å². The van der Waals surface area contributed by atoms with Gasteiger partial charge in [-0.3, -0.25) is 4.79 Å². The summed E-state index contributed by atoms with van der Waals surface area (Å²) >= 11 is 1.56. The van der Waals surface area contributed by atoms with Crippen molar-refractivity contribution in [1.82, 2.24) is 9.38 Å². The van der Waals surface area contributed by atoms with Crippen LogP contribution in [0.15, 0.2) is 71.6 Å². The molecule has 3 atom stereocenters. The van der Waals surface area contributed by atoms with E-state index in [-0.39, 0.29) is 17.2 Å². The molecule has 9 heteroatoms.